The van der Waals surface area contributed by atoms with E-state index in [0.717, 1.165) is 11.5 Å². The van der Waals surface area contributed by atoms with Crippen LogP contribution in [0.15, 0.2) is 4.79 Å². The number of carbonyl (C=O) groups excluding carboxylic acids is 1. The molecule has 1 aromatic heterocycles. The van der Waals surface area contributed by atoms with Crippen LogP contribution in [0.4, 0.5) is 0 Å². The second-order valence-corrected chi connectivity index (χ2v) is 2.46. The lowest BCUT2D eigenvalue weighted by Crippen LogP contribution is -2.02. The molecule has 0 spiro atoms. The Morgan fingerprint density at radius 1 is 1.80 bits per heavy atom. The molecule has 54 valence electrons. The van der Waals surface area contributed by atoms with Crippen molar-refractivity contribution in [1.82, 2.24) is 9.36 Å². The van der Waals surface area contributed by atoms with Crippen molar-refractivity contribution < 1.29 is 4.79 Å². The molecule has 10 heavy (non-hydrogen) atoms. The van der Waals surface area contributed by atoms with Gasteiger partial charge in [-0.05, 0) is 0 Å². The molecule has 0 unspecified atom stereocenters. The molecule has 0 aromatic carbocycles. The molecule has 0 aliphatic carbocycles. The van der Waals surface area contributed by atoms with Crippen LogP contribution in [0.2, 0.25) is 0 Å². The number of Topliss-reactive ketones (excluding diaryl/α,β-unsaturated/α-hetero) is 1. The molecule has 0 saturated heterocycles. The number of ketones is 1. The summed E-state index contributed by atoms with van der Waals surface area (Å²) in [6.07, 6.45) is 0.375. The largest absolute Gasteiger partial charge is 0.323 e. The Hall–Kier alpha value is -0.970. The number of hydrogen-bond donors (Lipinski definition) is 1. The van der Waals surface area contributed by atoms with E-state index in [1.807, 2.05) is 0 Å². The first-order chi connectivity index (χ1) is 4.74. The number of nitrogens with one attached hydrogen (secondary N) is 1. The van der Waals surface area contributed by atoms with Crippen LogP contribution < -0.4 is 4.87 Å². The fourth-order valence-electron chi connectivity index (χ4n) is 0.517. The topological polar surface area (TPSA) is 62.8 Å². The smallest absolute Gasteiger partial charge is 0.293 e. The molecule has 0 atom stereocenters. The van der Waals surface area contributed by atoms with Gasteiger partial charge in [0.1, 0.15) is 0 Å². The predicted octanol–water partition coefficient (Wildman–Crippen LogP) is 0.424. The summed E-state index contributed by atoms with van der Waals surface area (Å²) in [5.41, 5.74) is 0. The van der Waals surface area contributed by atoms with Crippen molar-refractivity contribution in [3.05, 3.63) is 15.5 Å². The molecular formula is C5H6N2O2S. The highest BCUT2D eigenvalue weighted by molar-refractivity contribution is 7.02. The zero-order valence-electron chi connectivity index (χ0n) is 5.38. The summed E-state index contributed by atoms with van der Waals surface area (Å²) >= 11 is 0.766. The monoisotopic (exact) mass is 158 g/mol. The molecular weight excluding hydrogens is 152 g/mol. The zero-order chi connectivity index (χ0) is 7.56. The molecule has 1 heterocycles. The van der Waals surface area contributed by atoms with Gasteiger partial charge in [-0.1, -0.05) is 6.92 Å². The SMILES string of the molecule is CCC(=O)c1nsc(=O)[nH]1. The van der Waals surface area contributed by atoms with Crippen LogP contribution >= 0.6 is 11.5 Å². The molecule has 0 aliphatic rings. The maximum absolute atomic E-state index is 10.8. The summed E-state index contributed by atoms with van der Waals surface area (Å²) in [4.78, 5) is 23.3. The van der Waals surface area contributed by atoms with Gasteiger partial charge in [-0.15, -0.1) is 0 Å². The summed E-state index contributed by atoms with van der Waals surface area (Å²) in [6.45, 7) is 1.72. The summed E-state index contributed by atoms with van der Waals surface area (Å²) in [7, 11) is 0. The van der Waals surface area contributed by atoms with E-state index in [9.17, 15) is 9.59 Å². The van der Waals surface area contributed by atoms with Gasteiger partial charge in [0.15, 0.2) is 11.6 Å². The average molecular weight is 158 g/mol. The van der Waals surface area contributed by atoms with Gasteiger partial charge in [0.05, 0.1) is 0 Å². The van der Waals surface area contributed by atoms with Crippen LogP contribution in [0.25, 0.3) is 0 Å². The Morgan fingerprint density at radius 2 is 2.50 bits per heavy atom. The van der Waals surface area contributed by atoms with Crippen molar-refractivity contribution in [2.24, 2.45) is 0 Å². The molecule has 0 amide bonds. The van der Waals surface area contributed by atoms with E-state index < -0.39 is 0 Å². The van der Waals surface area contributed by atoms with Crippen LogP contribution in [0.3, 0.4) is 0 Å². The standard InChI is InChI=1S/C5H6N2O2S/c1-2-3(8)4-6-5(9)10-7-4/h2H2,1H3,(H,6,7,9). The van der Waals surface area contributed by atoms with Crippen LogP contribution in [0.5, 0.6) is 0 Å². The van der Waals surface area contributed by atoms with Gasteiger partial charge in [-0.3, -0.25) is 14.6 Å². The maximum atomic E-state index is 10.8. The molecule has 1 rings (SSSR count). The molecule has 1 aromatic rings. The number of carbonyl (C=O) groups is 1. The highest BCUT2D eigenvalue weighted by Crippen LogP contribution is 1.93. The third kappa shape index (κ3) is 1.30. The van der Waals surface area contributed by atoms with E-state index in [1.54, 1.807) is 6.92 Å². The lowest BCUT2D eigenvalue weighted by atomic mass is 10.3. The second kappa shape index (κ2) is 2.74. The van der Waals surface area contributed by atoms with Crippen LogP contribution in [0.1, 0.15) is 24.0 Å². The van der Waals surface area contributed by atoms with E-state index in [-0.39, 0.29) is 16.5 Å². The Balaban J connectivity index is 2.95. The van der Waals surface area contributed by atoms with Crippen LogP contribution in [0, 0.1) is 0 Å². The highest BCUT2D eigenvalue weighted by atomic mass is 32.1. The lowest BCUT2D eigenvalue weighted by molar-refractivity contribution is 0.0979. The Labute approximate surface area is 61.1 Å². The van der Waals surface area contributed by atoms with E-state index in [1.165, 1.54) is 0 Å². The first kappa shape index (κ1) is 7.14. The lowest BCUT2D eigenvalue weighted by Gasteiger charge is -1.84. The summed E-state index contributed by atoms with van der Waals surface area (Å²) in [5.74, 6) is 0.0517. The summed E-state index contributed by atoms with van der Waals surface area (Å²) in [5, 5.41) is 0. The van der Waals surface area contributed by atoms with Crippen molar-refractivity contribution in [3.8, 4) is 0 Å². The van der Waals surface area contributed by atoms with E-state index in [2.05, 4.69) is 9.36 Å². The Kier molecular flexibility index (Phi) is 1.96. The molecule has 5 heteroatoms. The van der Waals surface area contributed by atoms with Crippen molar-refractivity contribution >= 4 is 17.3 Å². The Bertz CT molecular complexity index is 288. The van der Waals surface area contributed by atoms with Gasteiger partial charge in [-0.2, -0.15) is 4.37 Å². The van der Waals surface area contributed by atoms with Gasteiger partial charge in [-0.25, -0.2) is 0 Å². The van der Waals surface area contributed by atoms with Gasteiger partial charge in [0.2, 0.25) is 0 Å². The molecule has 0 fully saturated rings. The van der Waals surface area contributed by atoms with E-state index >= 15 is 0 Å². The highest BCUT2D eigenvalue weighted by Gasteiger charge is 2.05. The van der Waals surface area contributed by atoms with Crippen molar-refractivity contribution in [2.75, 3.05) is 0 Å². The number of aromatic amines is 1. The first-order valence-electron chi connectivity index (χ1n) is 2.83. The molecule has 0 saturated carbocycles. The number of nitrogens with zero attached hydrogens (tertiary/aromatic N) is 1. The first-order valence-corrected chi connectivity index (χ1v) is 3.60. The fourth-order valence-corrected chi connectivity index (χ4v) is 0.981. The quantitative estimate of drug-likeness (QED) is 0.634. The van der Waals surface area contributed by atoms with Gasteiger partial charge in [0, 0.05) is 18.0 Å². The second-order valence-electron chi connectivity index (χ2n) is 1.72. The molecule has 0 bridgehead atoms. The van der Waals surface area contributed by atoms with Gasteiger partial charge in [0.25, 0.3) is 0 Å². The van der Waals surface area contributed by atoms with Crippen molar-refractivity contribution in [1.29, 1.82) is 0 Å². The number of rotatable bonds is 2. The number of aromatic nitrogens is 2. The van der Waals surface area contributed by atoms with E-state index in [0.29, 0.717) is 6.42 Å². The third-order valence-electron chi connectivity index (χ3n) is 1.03. The van der Waals surface area contributed by atoms with Crippen LogP contribution in [-0.4, -0.2) is 15.1 Å². The fraction of sp³-hybridized carbons (Fsp3) is 0.400. The van der Waals surface area contributed by atoms with E-state index in [4.69, 9.17) is 0 Å². The Morgan fingerprint density at radius 3 is 2.90 bits per heavy atom. The van der Waals surface area contributed by atoms with Crippen LogP contribution in [-0.2, 0) is 0 Å². The minimum atomic E-state index is -0.281. The van der Waals surface area contributed by atoms with Gasteiger partial charge < -0.3 is 0 Å². The van der Waals surface area contributed by atoms with Crippen molar-refractivity contribution in [3.63, 3.8) is 0 Å². The summed E-state index contributed by atoms with van der Waals surface area (Å²) in [6, 6.07) is 0. The molecule has 0 radical (unpaired) electrons. The maximum Gasteiger partial charge on any atom is 0.323 e. The molecule has 1 N–H and O–H groups in total. The van der Waals surface area contributed by atoms with Crippen molar-refractivity contribution in [2.45, 2.75) is 13.3 Å². The normalized spacial score (nSPS) is 9.70. The minimum absolute atomic E-state index is 0.127. The summed E-state index contributed by atoms with van der Waals surface area (Å²) < 4.78 is 3.61. The molecule has 4 nitrogen and oxygen atoms in total. The predicted molar refractivity (Wildman–Crippen MR) is 37.4 cm³/mol. The molecule has 0 aliphatic heterocycles. The minimum Gasteiger partial charge on any atom is -0.293 e. The average Bonchev–Trinajstić information content (AvgIpc) is 2.34. The van der Waals surface area contributed by atoms with Gasteiger partial charge >= 0.3 is 4.87 Å². The zero-order valence-corrected chi connectivity index (χ0v) is 6.20. The number of H-pyrrole nitrogens is 1. The third-order valence-corrected chi connectivity index (χ3v) is 1.57. The number of hydrogen-bond acceptors (Lipinski definition) is 4.